The van der Waals surface area contributed by atoms with Gasteiger partial charge >= 0.3 is 5.97 Å². The number of aliphatic carboxylic acids is 1. The van der Waals surface area contributed by atoms with Crippen LogP contribution in [0.4, 0.5) is 8.78 Å². The van der Waals surface area contributed by atoms with Crippen LogP contribution in [0.3, 0.4) is 0 Å². The number of rotatable bonds is 2. The van der Waals surface area contributed by atoms with Crippen molar-refractivity contribution < 1.29 is 18.7 Å². The minimum atomic E-state index is -2.51. The van der Waals surface area contributed by atoms with Gasteiger partial charge in [-0.2, -0.15) is 0 Å². The Balaban J connectivity index is 1.96. The quantitative estimate of drug-likeness (QED) is 0.750. The third-order valence-electron chi connectivity index (χ3n) is 3.62. The number of carboxylic acid groups (broad SMARTS) is 1. The highest BCUT2D eigenvalue weighted by atomic mass is 19.3. The lowest BCUT2D eigenvalue weighted by molar-refractivity contribution is -0.138. The van der Waals surface area contributed by atoms with Crippen LogP contribution >= 0.6 is 0 Å². The standard InChI is InChI=1S/C10H14F2O2/c11-10(12)6-9(10)3-1-2-7(5-9)4-8(13)14/h7H,1-6H2,(H,13,14)/t7-,9-/m1/s1. The highest BCUT2D eigenvalue weighted by Gasteiger charge is 2.70. The van der Waals surface area contributed by atoms with Gasteiger partial charge in [0.1, 0.15) is 0 Å². The molecule has 0 aromatic rings. The van der Waals surface area contributed by atoms with Gasteiger partial charge in [-0.05, 0) is 25.2 Å². The van der Waals surface area contributed by atoms with Crippen LogP contribution in [-0.4, -0.2) is 17.0 Å². The molecule has 80 valence electrons. The largest absolute Gasteiger partial charge is 0.481 e. The second kappa shape index (κ2) is 2.91. The van der Waals surface area contributed by atoms with E-state index in [1.54, 1.807) is 0 Å². The monoisotopic (exact) mass is 204 g/mol. The van der Waals surface area contributed by atoms with Crippen molar-refractivity contribution in [1.82, 2.24) is 0 Å². The fourth-order valence-electron chi connectivity index (χ4n) is 2.78. The molecule has 2 aliphatic carbocycles. The van der Waals surface area contributed by atoms with Crippen LogP contribution in [0.5, 0.6) is 0 Å². The molecule has 0 aromatic heterocycles. The highest BCUT2D eigenvalue weighted by Crippen LogP contribution is 2.68. The smallest absolute Gasteiger partial charge is 0.303 e. The average Bonchev–Trinajstić information content (AvgIpc) is 2.50. The maximum atomic E-state index is 13.0. The van der Waals surface area contributed by atoms with Crippen molar-refractivity contribution in [3.05, 3.63) is 0 Å². The first-order chi connectivity index (χ1) is 6.45. The molecule has 0 heterocycles. The van der Waals surface area contributed by atoms with E-state index in [2.05, 4.69) is 0 Å². The molecule has 2 atom stereocenters. The summed E-state index contributed by atoms with van der Waals surface area (Å²) in [7, 11) is 0. The van der Waals surface area contributed by atoms with Crippen LogP contribution in [0, 0.1) is 11.3 Å². The van der Waals surface area contributed by atoms with Gasteiger partial charge < -0.3 is 5.11 Å². The normalized spacial score (nSPS) is 39.7. The predicted molar refractivity (Wildman–Crippen MR) is 46.2 cm³/mol. The number of carbonyl (C=O) groups is 1. The molecular weight excluding hydrogens is 190 g/mol. The molecule has 0 aliphatic heterocycles. The molecule has 0 radical (unpaired) electrons. The molecule has 2 fully saturated rings. The van der Waals surface area contributed by atoms with Gasteiger partial charge in [0, 0.05) is 18.3 Å². The Bertz CT molecular complexity index is 265. The summed E-state index contributed by atoms with van der Waals surface area (Å²) in [6.07, 6.45) is 2.58. The van der Waals surface area contributed by atoms with Gasteiger partial charge in [-0.1, -0.05) is 6.42 Å². The van der Waals surface area contributed by atoms with Gasteiger partial charge in [-0.15, -0.1) is 0 Å². The Morgan fingerprint density at radius 2 is 2.14 bits per heavy atom. The Hall–Kier alpha value is -0.670. The van der Waals surface area contributed by atoms with E-state index in [0.29, 0.717) is 12.8 Å². The van der Waals surface area contributed by atoms with Crippen LogP contribution < -0.4 is 0 Å². The molecule has 1 spiro atoms. The maximum Gasteiger partial charge on any atom is 0.303 e. The molecule has 1 N–H and O–H groups in total. The van der Waals surface area contributed by atoms with E-state index in [9.17, 15) is 13.6 Å². The molecule has 2 saturated carbocycles. The van der Waals surface area contributed by atoms with Gasteiger partial charge in [-0.3, -0.25) is 4.79 Å². The second-order valence-corrected chi connectivity index (χ2v) is 4.72. The minimum absolute atomic E-state index is 0.0177. The van der Waals surface area contributed by atoms with Crippen LogP contribution in [0.15, 0.2) is 0 Å². The summed E-state index contributed by atoms with van der Waals surface area (Å²) >= 11 is 0. The molecule has 0 saturated heterocycles. The molecule has 2 nitrogen and oxygen atoms in total. The van der Waals surface area contributed by atoms with Crippen LogP contribution in [-0.2, 0) is 4.79 Å². The topological polar surface area (TPSA) is 37.3 Å². The summed E-state index contributed by atoms with van der Waals surface area (Å²) in [5.41, 5.74) is -0.814. The zero-order valence-corrected chi connectivity index (χ0v) is 7.93. The lowest BCUT2D eigenvalue weighted by Crippen LogP contribution is -2.23. The fourth-order valence-corrected chi connectivity index (χ4v) is 2.78. The van der Waals surface area contributed by atoms with Gasteiger partial charge in [0.2, 0.25) is 0 Å². The highest BCUT2D eigenvalue weighted by molar-refractivity contribution is 5.67. The molecule has 2 aliphatic rings. The van der Waals surface area contributed by atoms with Crippen LogP contribution in [0.2, 0.25) is 0 Å². The van der Waals surface area contributed by atoms with E-state index in [4.69, 9.17) is 5.11 Å². The van der Waals surface area contributed by atoms with Gasteiger partial charge in [0.25, 0.3) is 5.92 Å². The third-order valence-corrected chi connectivity index (χ3v) is 3.62. The van der Waals surface area contributed by atoms with E-state index < -0.39 is 17.3 Å². The number of hydrogen-bond acceptors (Lipinski definition) is 1. The van der Waals surface area contributed by atoms with Gasteiger partial charge in [0.05, 0.1) is 0 Å². The molecule has 14 heavy (non-hydrogen) atoms. The Morgan fingerprint density at radius 3 is 2.64 bits per heavy atom. The number of carboxylic acids is 1. The van der Waals surface area contributed by atoms with Crippen molar-refractivity contribution in [3.63, 3.8) is 0 Å². The van der Waals surface area contributed by atoms with Crippen molar-refractivity contribution in [2.24, 2.45) is 11.3 Å². The summed E-state index contributed by atoms with van der Waals surface area (Å²) in [5, 5.41) is 8.60. The number of halogens is 2. The van der Waals surface area contributed by atoms with Crippen molar-refractivity contribution in [3.8, 4) is 0 Å². The molecule has 4 heteroatoms. The summed E-state index contributed by atoms with van der Waals surface area (Å²) in [4.78, 5) is 10.5. The predicted octanol–water partition coefficient (Wildman–Crippen LogP) is 2.68. The Morgan fingerprint density at radius 1 is 1.50 bits per heavy atom. The molecule has 0 bridgehead atoms. The van der Waals surface area contributed by atoms with Gasteiger partial charge in [0.15, 0.2) is 0 Å². The van der Waals surface area contributed by atoms with Gasteiger partial charge in [-0.25, -0.2) is 8.78 Å². The summed E-state index contributed by atoms with van der Waals surface area (Å²) in [6.45, 7) is 0. The number of hydrogen-bond donors (Lipinski definition) is 1. The lowest BCUT2D eigenvalue weighted by atomic mass is 9.77. The molecule has 0 amide bonds. The second-order valence-electron chi connectivity index (χ2n) is 4.72. The Labute approximate surface area is 81.3 Å². The SMILES string of the molecule is O=C(O)C[C@H]1CCC[C@@]2(C1)CC2(F)F. The summed E-state index contributed by atoms with van der Waals surface area (Å²) in [6, 6.07) is 0. The summed E-state index contributed by atoms with van der Waals surface area (Å²) < 4.78 is 26.1. The lowest BCUT2D eigenvalue weighted by Gasteiger charge is -2.28. The minimum Gasteiger partial charge on any atom is -0.481 e. The van der Waals surface area contributed by atoms with Crippen molar-refractivity contribution >= 4 is 5.97 Å². The molecule has 0 aromatic carbocycles. The third kappa shape index (κ3) is 1.51. The number of alkyl halides is 2. The maximum absolute atomic E-state index is 13.0. The first-order valence-corrected chi connectivity index (χ1v) is 5.05. The fraction of sp³-hybridized carbons (Fsp3) is 0.900. The van der Waals surface area contributed by atoms with E-state index >= 15 is 0 Å². The molecule has 0 unspecified atom stereocenters. The van der Waals surface area contributed by atoms with Crippen molar-refractivity contribution in [2.75, 3.05) is 0 Å². The van der Waals surface area contributed by atoms with E-state index in [0.717, 1.165) is 12.8 Å². The first-order valence-electron chi connectivity index (χ1n) is 5.05. The zero-order chi connectivity index (χ0) is 10.4. The van der Waals surface area contributed by atoms with Crippen molar-refractivity contribution in [2.45, 2.75) is 44.4 Å². The average molecular weight is 204 g/mol. The molecule has 2 rings (SSSR count). The van der Waals surface area contributed by atoms with Crippen LogP contribution in [0.25, 0.3) is 0 Å². The van der Waals surface area contributed by atoms with E-state index in [1.807, 2.05) is 0 Å². The first kappa shape index (κ1) is 9.87. The van der Waals surface area contributed by atoms with Crippen LogP contribution in [0.1, 0.15) is 38.5 Å². The van der Waals surface area contributed by atoms with E-state index in [1.165, 1.54) is 0 Å². The zero-order valence-electron chi connectivity index (χ0n) is 7.93. The van der Waals surface area contributed by atoms with E-state index in [-0.39, 0.29) is 18.8 Å². The molecular formula is C10H14F2O2. The Kier molecular flexibility index (Phi) is 2.05. The van der Waals surface area contributed by atoms with Crippen molar-refractivity contribution in [1.29, 1.82) is 0 Å². The summed E-state index contributed by atoms with van der Waals surface area (Å²) in [5.74, 6) is -3.41.